The van der Waals surface area contributed by atoms with Crippen molar-refractivity contribution in [3.05, 3.63) is 66.9 Å². The Kier molecular flexibility index (Phi) is 4.02. The van der Waals surface area contributed by atoms with Gasteiger partial charge >= 0.3 is 0 Å². The van der Waals surface area contributed by atoms with Gasteiger partial charge in [0.05, 0.1) is 11.8 Å². The molecule has 6 rings (SSSR count). The smallest absolute Gasteiger partial charge is 0.231 e. The van der Waals surface area contributed by atoms with Gasteiger partial charge in [0.2, 0.25) is 5.95 Å². The minimum Gasteiger partial charge on any atom is -0.365 e. The molecular formula is C23H18FN7. The van der Waals surface area contributed by atoms with Crippen molar-refractivity contribution in [2.45, 2.75) is 18.9 Å². The lowest BCUT2D eigenvalue weighted by molar-refractivity contribution is 0.628. The number of hydrogen-bond acceptors (Lipinski definition) is 6. The number of fused-ring (bicyclic) bond motifs is 2. The van der Waals surface area contributed by atoms with Gasteiger partial charge in [-0.05, 0) is 60.4 Å². The Hall–Kier alpha value is -4.07. The highest BCUT2D eigenvalue weighted by atomic mass is 19.1. The van der Waals surface area contributed by atoms with Crippen LogP contribution in [-0.2, 0) is 0 Å². The summed E-state index contributed by atoms with van der Waals surface area (Å²) >= 11 is 0. The van der Waals surface area contributed by atoms with E-state index in [1.165, 1.54) is 12.1 Å². The molecule has 1 saturated carbocycles. The van der Waals surface area contributed by atoms with Crippen LogP contribution in [0.1, 0.15) is 12.8 Å². The largest absolute Gasteiger partial charge is 0.365 e. The number of imidazole rings is 1. The number of aromatic nitrogens is 5. The van der Waals surface area contributed by atoms with E-state index >= 15 is 0 Å². The highest BCUT2D eigenvalue weighted by molar-refractivity contribution is 5.96. The molecule has 3 heterocycles. The number of nitrogens with one attached hydrogen (secondary N) is 3. The van der Waals surface area contributed by atoms with E-state index in [9.17, 15) is 4.39 Å². The summed E-state index contributed by atoms with van der Waals surface area (Å²) in [5.74, 6) is 0.932. The van der Waals surface area contributed by atoms with Crippen LogP contribution in [0.5, 0.6) is 0 Å². The summed E-state index contributed by atoms with van der Waals surface area (Å²) in [7, 11) is 0. The van der Waals surface area contributed by atoms with Crippen molar-refractivity contribution in [2.75, 3.05) is 10.6 Å². The molecule has 0 saturated heterocycles. The fourth-order valence-electron chi connectivity index (χ4n) is 3.68. The van der Waals surface area contributed by atoms with Crippen molar-refractivity contribution in [1.29, 1.82) is 0 Å². The number of pyridine rings is 1. The van der Waals surface area contributed by atoms with E-state index < -0.39 is 0 Å². The van der Waals surface area contributed by atoms with Gasteiger partial charge in [0.15, 0.2) is 11.5 Å². The van der Waals surface area contributed by atoms with E-state index in [1.54, 1.807) is 18.6 Å². The van der Waals surface area contributed by atoms with Crippen LogP contribution >= 0.6 is 0 Å². The third kappa shape index (κ3) is 3.42. The van der Waals surface area contributed by atoms with Crippen LogP contribution < -0.4 is 10.6 Å². The minimum absolute atomic E-state index is 0.270. The van der Waals surface area contributed by atoms with Gasteiger partial charge in [0.25, 0.3) is 0 Å². The molecular weight excluding hydrogens is 393 g/mol. The summed E-state index contributed by atoms with van der Waals surface area (Å²) in [5.41, 5.74) is 4.75. The average Bonchev–Trinajstić information content (AvgIpc) is 3.46. The Morgan fingerprint density at radius 2 is 1.94 bits per heavy atom. The van der Waals surface area contributed by atoms with E-state index in [0.29, 0.717) is 17.6 Å². The Morgan fingerprint density at radius 1 is 1.00 bits per heavy atom. The van der Waals surface area contributed by atoms with E-state index in [2.05, 4.69) is 35.6 Å². The number of rotatable bonds is 5. The maximum Gasteiger partial charge on any atom is 0.231 e. The summed E-state index contributed by atoms with van der Waals surface area (Å²) in [6.07, 6.45) is 5.64. The topological polar surface area (TPSA) is 91.4 Å². The highest BCUT2D eigenvalue weighted by Gasteiger charge is 2.23. The maximum absolute atomic E-state index is 13.8. The van der Waals surface area contributed by atoms with Crippen LogP contribution in [0.3, 0.4) is 0 Å². The Morgan fingerprint density at radius 3 is 2.81 bits per heavy atom. The van der Waals surface area contributed by atoms with Crippen LogP contribution in [0.4, 0.5) is 21.8 Å². The van der Waals surface area contributed by atoms with Crippen molar-refractivity contribution < 1.29 is 4.39 Å². The van der Waals surface area contributed by atoms with Crippen LogP contribution in [0.15, 0.2) is 61.1 Å². The number of aromatic amines is 1. The molecule has 3 N–H and O–H groups in total. The summed E-state index contributed by atoms with van der Waals surface area (Å²) in [5, 5.41) is 7.63. The van der Waals surface area contributed by atoms with Crippen molar-refractivity contribution in [3.8, 4) is 11.1 Å². The molecule has 7 nitrogen and oxygen atoms in total. The average molecular weight is 411 g/mol. The van der Waals surface area contributed by atoms with Crippen molar-refractivity contribution in [2.24, 2.45) is 0 Å². The summed E-state index contributed by atoms with van der Waals surface area (Å²) in [4.78, 5) is 21.0. The van der Waals surface area contributed by atoms with Crippen molar-refractivity contribution in [1.82, 2.24) is 24.9 Å². The third-order valence-corrected chi connectivity index (χ3v) is 5.34. The Labute approximate surface area is 176 Å². The zero-order chi connectivity index (χ0) is 20.8. The molecule has 1 aliphatic carbocycles. The molecule has 0 radical (unpaired) electrons. The van der Waals surface area contributed by atoms with Gasteiger partial charge in [-0.3, -0.25) is 4.98 Å². The number of H-pyrrole nitrogens is 1. The monoisotopic (exact) mass is 411 g/mol. The van der Waals surface area contributed by atoms with E-state index in [-0.39, 0.29) is 5.82 Å². The molecule has 2 aromatic carbocycles. The molecule has 8 heteroatoms. The molecule has 5 aromatic rings. The highest BCUT2D eigenvalue weighted by Crippen LogP contribution is 2.31. The Bertz CT molecular complexity index is 1420. The first kappa shape index (κ1) is 17.8. The van der Waals surface area contributed by atoms with Gasteiger partial charge in [-0.25, -0.2) is 9.37 Å². The molecule has 3 aromatic heterocycles. The van der Waals surface area contributed by atoms with Crippen LogP contribution in [0, 0.1) is 5.82 Å². The third-order valence-electron chi connectivity index (χ3n) is 5.34. The summed E-state index contributed by atoms with van der Waals surface area (Å²) in [6, 6.07) is 14.8. The molecule has 0 aliphatic heterocycles. The maximum atomic E-state index is 13.8. The van der Waals surface area contributed by atoms with Gasteiger partial charge in [-0.15, -0.1) is 0 Å². The Balaban J connectivity index is 1.40. The molecule has 1 aliphatic rings. The minimum atomic E-state index is -0.270. The molecule has 0 atom stereocenters. The van der Waals surface area contributed by atoms with Crippen molar-refractivity contribution >= 4 is 39.5 Å². The van der Waals surface area contributed by atoms with Crippen LogP contribution in [-0.4, -0.2) is 31.0 Å². The first-order valence-corrected chi connectivity index (χ1v) is 10.1. The number of anilines is 3. The fraction of sp³-hybridized carbons (Fsp3) is 0.130. The van der Waals surface area contributed by atoms with E-state index in [1.807, 2.05) is 30.3 Å². The van der Waals surface area contributed by atoms with Gasteiger partial charge in [-0.2, -0.15) is 9.97 Å². The second-order valence-corrected chi connectivity index (χ2v) is 7.64. The standard InChI is InChI=1S/C23H18FN7/c24-14-3-1-2-13(10-14)17-8-9-25-19-7-6-16(11-18(17)19)29-23-30-21-20(26-12-27-21)22(31-23)28-15-4-5-15/h1-3,6-12,15H,4-5H2,(H3,26,27,28,29,30,31). The first-order chi connectivity index (χ1) is 15.2. The number of hydrogen-bond donors (Lipinski definition) is 3. The SMILES string of the molecule is Fc1cccc(-c2ccnc3ccc(Nc4nc(NC5CC5)c5[nH]cnc5n4)cc23)c1. The van der Waals surface area contributed by atoms with Gasteiger partial charge < -0.3 is 15.6 Å². The second kappa shape index (κ2) is 7.02. The fourth-order valence-corrected chi connectivity index (χ4v) is 3.68. The zero-order valence-electron chi connectivity index (χ0n) is 16.4. The molecule has 0 amide bonds. The molecule has 152 valence electrons. The normalized spacial score (nSPS) is 13.6. The zero-order valence-corrected chi connectivity index (χ0v) is 16.4. The van der Waals surface area contributed by atoms with Gasteiger partial charge in [-0.1, -0.05) is 12.1 Å². The van der Waals surface area contributed by atoms with Gasteiger partial charge in [0.1, 0.15) is 11.3 Å². The predicted molar refractivity (Wildman–Crippen MR) is 119 cm³/mol. The summed E-state index contributed by atoms with van der Waals surface area (Å²) in [6.45, 7) is 0. The molecule has 0 spiro atoms. The molecule has 0 unspecified atom stereocenters. The van der Waals surface area contributed by atoms with Crippen LogP contribution in [0.2, 0.25) is 0 Å². The second-order valence-electron chi connectivity index (χ2n) is 7.64. The lowest BCUT2D eigenvalue weighted by atomic mass is 10.0. The molecule has 31 heavy (non-hydrogen) atoms. The lowest BCUT2D eigenvalue weighted by Gasteiger charge is -2.11. The van der Waals surface area contributed by atoms with E-state index in [0.717, 1.165) is 51.9 Å². The number of benzene rings is 2. The first-order valence-electron chi connectivity index (χ1n) is 10.1. The molecule has 0 bridgehead atoms. The van der Waals surface area contributed by atoms with Crippen molar-refractivity contribution in [3.63, 3.8) is 0 Å². The summed E-state index contributed by atoms with van der Waals surface area (Å²) < 4.78 is 13.8. The quantitative estimate of drug-likeness (QED) is 0.376. The van der Waals surface area contributed by atoms with Gasteiger partial charge in [0, 0.05) is 23.3 Å². The number of nitrogens with zero attached hydrogens (tertiary/aromatic N) is 4. The molecule has 1 fully saturated rings. The van der Waals surface area contributed by atoms with E-state index in [4.69, 9.17) is 0 Å². The number of halogens is 1. The van der Waals surface area contributed by atoms with Crippen LogP contribution in [0.25, 0.3) is 33.2 Å². The lowest BCUT2D eigenvalue weighted by Crippen LogP contribution is -2.07. The predicted octanol–water partition coefficient (Wildman–Crippen LogP) is 5.03.